The number of likely N-dealkylation sites (tertiary alicyclic amines) is 1. The maximum absolute atomic E-state index is 5.44. The summed E-state index contributed by atoms with van der Waals surface area (Å²) in [5, 5.41) is 3.70. The first-order valence-corrected chi connectivity index (χ1v) is 10.3. The van der Waals surface area contributed by atoms with Gasteiger partial charge in [-0.25, -0.2) is 0 Å². The topological polar surface area (TPSA) is 27.7 Å². The van der Waals surface area contributed by atoms with Crippen LogP contribution in [0.1, 0.15) is 30.0 Å². The molecule has 2 fully saturated rings. The number of ether oxygens (including phenoxy) is 1. The first kappa shape index (κ1) is 18.5. The highest BCUT2D eigenvalue weighted by Crippen LogP contribution is 2.24. The molecular formula is C23H31N3O. The Morgan fingerprint density at radius 3 is 2.26 bits per heavy atom. The van der Waals surface area contributed by atoms with Crippen molar-refractivity contribution in [2.75, 3.05) is 50.8 Å². The van der Waals surface area contributed by atoms with Gasteiger partial charge in [0.2, 0.25) is 0 Å². The van der Waals surface area contributed by atoms with Crippen molar-refractivity contribution < 1.29 is 4.74 Å². The number of nitrogens with zero attached hydrogens (tertiary/aromatic N) is 2. The minimum absolute atomic E-state index is 0.473. The molecule has 1 atom stereocenters. The molecule has 0 spiro atoms. The van der Waals surface area contributed by atoms with Crippen molar-refractivity contribution in [3.63, 3.8) is 0 Å². The van der Waals surface area contributed by atoms with Crippen molar-refractivity contribution in [2.24, 2.45) is 0 Å². The van der Waals surface area contributed by atoms with Crippen LogP contribution in [0.4, 0.5) is 5.69 Å². The van der Waals surface area contributed by atoms with Crippen molar-refractivity contribution in [1.29, 1.82) is 0 Å². The van der Waals surface area contributed by atoms with Gasteiger partial charge in [0.15, 0.2) is 0 Å². The highest BCUT2D eigenvalue weighted by atomic mass is 16.5. The van der Waals surface area contributed by atoms with Crippen LogP contribution in [-0.2, 0) is 11.3 Å². The van der Waals surface area contributed by atoms with Crippen molar-refractivity contribution in [1.82, 2.24) is 10.2 Å². The van der Waals surface area contributed by atoms with Gasteiger partial charge in [0, 0.05) is 37.9 Å². The van der Waals surface area contributed by atoms with Gasteiger partial charge in [-0.1, -0.05) is 42.5 Å². The Kier molecular flexibility index (Phi) is 6.40. The van der Waals surface area contributed by atoms with Crippen LogP contribution in [0, 0.1) is 0 Å². The highest BCUT2D eigenvalue weighted by Gasteiger charge is 2.22. The smallest absolute Gasteiger partial charge is 0.0642 e. The first-order valence-electron chi connectivity index (χ1n) is 10.3. The molecule has 0 aromatic heterocycles. The standard InChI is InChI=1S/C23H31N3O/c1-2-6-21(7-3-1)23(26-12-4-5-13-26)19-24-18-20-8-10-22(11-9-20)25-14-16-27-17-15-25/h1-3,6-11,23-24H,4-5,12-19H2. The SMILES string of the molecule is c1ccc(C(CNCc2ccc(N3CCOCC3)cc2)N2CCCC2)cc1. The van der Waals surface area contributed by atoms with Crippen LogP contribution in [0.5, 0.6) is 0 Å². The molecule has 144 valence electrons. The fourth-order valence-electron chi connectivity index (χ4n) is 4.19. The number of anilines is 1. The van der Waals surface area contributed by atoms with Crippen LogP contribution in [0.2, 0.25) is 0 Å². The zero-order valence-electron chi connectivity index (χ0n) is 16.1. The molecule has 2 saturated heterocycles. The molecule has 0 bridgehead atoms. The van der Waals surface area contributed by atoms with Crippen LogP contribution in [-0.4, -0.2) is 50.8 Å². The average molecular weight is 366 g/mol. The number of nitrogens with one attached hydrogen (secondary N) is 1. The lowest BCUT2D eigenvalue weighted by atomic mass is 10.1. The second-order valence-electron chi connectivity index (χ2n) is 7.57. The van der Waals surface area contributed by atoms with Gasteiger partial charge in [0.05, 0.1) is 13.2 Å². The molecule has 0 aliphatic carbocycles. The fourth-order valence-corrected chi connectivity index (χ4v) is 4.19. The largest absolute Gasteiger partial charge is 0.378 e. The van der Waals surface area contributed by atoms with E-state index in [4.69, 9.17) is 4.74 Å². The first-order chi connectivity index (χ1) is 13.4. The number of morpholine rings is 1. The summed E-state index contributed by atoms with van der Waals surface area (Å²) in [5.74, 6) is 0. The van der Waals surface area contributed by atoms with E-state index >= 15 is 0 Å². The average Bonchev–Trinajstić information content (AvgIpc) is 3.27. The molecule has 2 aliphatic heterocycles. The van der Waals surface area contributed by atoms with Crippen molar-refractivity contribution in [3.8, 4) is 0 Å². The maximum Gasteiger partial charge on any atom is 0.0642 e. The van der Waals surface area contributed by atoms with E-state index in [9.17, 15) is 0 Å². The lowest BCUT2D eigenvalue weighted by Gasteiger charge is -2.29. The summed E-state index contributed by atoms with van der Waals surface area (Å²) < 4.78 is 5.44. The predicted octanol–water partition coefficient (Wildman–Crippen LogP) is 3.45. The molecule has 2 aromatic rings. The number of benzene rings is 2. The minimum Gasteiger partial charge on any atom is -0.378 e. The van der Waals surface area contributed by atoms with Gasteiger partial charge in [-0.3, -0.25) is 4.90 Å². The second-order valence-corrected chi connectivity index (χ2v) is 7.57. The van der Waals surface area contributed by atoms with E-state index in [1.54, 1.807) is 0 Å². The molecular weight excluding hydrogens is 334 g/mol. The maximum atomic E-state index is 5.44. The molecule has 4 heteroatoms. The van der Waals surface area contributed by atoms with Gasteiger partial charge in [-0.15, -0.1) is 0 Å². The van der Waals surface area contributed by atoms with E-state index in [2.05, 4.69) is 69.7 Å². The van der Waals surface area contributed by atoms with Gasteiger partial charge >= 0.3 is 0 Å². The molecule has 1 unspecified atom stereocenters. The molecule has 4 nitrogen and oxygen atoms in total. The third-order valence-electron chi connectivity index (χ3n) is 5.75. The van der Waals surface area contributed by atoms with E-state index in [0.29, 0.717) is 6.04 Å². The highest BCUT2D eigenvalue weighted by molar-refractivity contribution is 5.47. The van der Waals surface area contributed by atoms with E-state index in [-0.39, 0.29) is 0 Å². The van der Waals surface area contributed by atoms with Crippen molar-refractivity contribution >= 4 is 5.69 Å². The third-order valence-corrected chi connectivity index (χ3v) is 5.75. The summed E-state index contributed by atoms with van der Waals surface area (Å²) in [5.41, 5.74) is 4.08. The van der Waals surface area contributed by atoms with Crippen LogP contribution < -0.4 is 10.2 Å². The van der Waals surface area contributed by atoms with Crippen LogP contribution >= 0.6 is 0 Å². The zero-order chi connectivity index (χ0) is 18.3. The Hall–Kier alpha value is -1.88. The van der Waals surface area contributed by atoms with Crippen molar-refractivity contribution in [2.45, 2.75) is 25.4 Å². The van der Waals surface area contributed by atoms with Gasteiger partial charge in [0.25, 0.3) is 0 Å². The Labute approximate surface area is 163 Å². The summed E-state index contributed by atoms with van der Waals surface area (Å²) >= 11 is 0. The Morgan fingerprint density at radius 2 is 1.56 bits per heavy atom. The van der Waals surface area contributed by atoms with E-state index in [0.717, 1.165) is 39.4 Å². The molecule has 2 aliphatic rings. The summed E-state index contributed by atoms with van der Waals surface area (Å²) in [6, 6.07) is 20.4. The molecule has 2 aromatic carbocycles. The van der Waals surface area contributed by atoms with Crippen molar-refractivity contribution in [3.05, 3.63) is 65.7 Å². The molecule has 1 N–H and O–H groups in total. The van der Waals surface area contributed by atoms with E-state index in [1.807, 2.05) is 0 Å². The molecule has 0 radical (unpaired) electrons. The Balaban J connectivity index is 1.33. The number of rotatable bonds is 7. The summed E-state index contributed by atoms with van der Waals surface area (Å²) in [6.07, 6.45) is 2.65. The normalized spacial score (nSPS) is 19.3. The fraction of sp³-hybridized carbons (Fsp3) is 0.478. The van der Waals surface area contributed by atoms with Gasteiger partial charge < -0.3 is 15.0 Å². The number of hydrogen-bond donors (Lipinski definition) is 1. The van der Waals surface area contributed by atoms with Gasteiger partial charge in [-0.05, 0) is 49.2 Å². The predicted molar refractivity (Wildman–Crippen MR) is 111 cm³/mol. The Morgan fingerprint density at radius 1 is 0.852 bits per heavy atom. The minimum atomic E-state index is 0.473. The summed E-state index contributed by atoms with van der Waals surface area (Å²) in [7, 11) is 0. The quantitative estimate of drug-likeness (QED) is 0.813. The van der Waals surface area contributed by atoms with E-state index < -0.39 is 0 Å². The summed E-state index contributed by atoms with van der Waals surface area (Å²) in [6.45, 7) is 8.00. The molecule has 4 rings (SSSR count). The molecule has 0 amide bonds. The lowest BCUT2D eigenvalue weighted by molar-refractivity contribution is 0.122. The number of hydrogen-bond acceptors (Lipinski definition) is 4. The molecule has 2 heterocycles. The second kappa shape index (κ2) is 9.36. The Bertz CT molecular complexity index is 677. The van der Waals surface area contributed by atoms with Crippen LogP contribution in [0.3, 0.4) is 0 Å². The lowest BCUT2D eigenvalue weighted by Crippen LogP contribution is -2.36. The van der Waals surface area contributed by atoms with Gasteiger partial charge in [-0.2, -0.15) is 0 Å². The molecule has 27 heavy (non-hydrogen) atoms. The van der Waals surface area contributed by atoms with Crippen LogP contribution in [0.25, 0.3) is 0 Å². The van der Waals surface area contributed by atoms with Gasteiger partial charge in [0.1, 0.15) is 0 Å². The van der Waals surface area contributed by atoms with Crippen LogP contribution in [0.15, 0.2) is 54.6 Å². The monoisotopic (exact) mass is 365 g/mol. The third kappa shape index (κ3) is 4.89. The molecule has 0 saturated carbocycles. The zero-order valence-corrected chi connectivity index (χ0v) is 16.1. The van der Waals surface area contributed by atoms with E-state index in [1.165, 1.54) is 42.7 Å². The summed E-state index contributed by atoms with van der Waals surface area (Å²) in [4.78, 5) is 5.03.